The highest BCUT2D eigenvalue weighted by Gasteiger charge is 2.20. The van der Waals surface area contributed by atoms with Crippen molar-refractivity contribution in [3.8, 4) is 0 Å². The first-order chi connectivity index (χ1) is 15.7. The monoisotopic (exact) mass is 451 g/mol. The zero-order valence-electron chi connectivity index (χ0n) is 21.0. The van der Waals surface area contributed by atoms with E-state index in [9.17, 15) is 0 Å². The molecule has 0 aliphatic heterocycles. The van der Waals surface area contributed by atoms with E-state index >= 15 is 0 Å². The van der Waals surface area contributed by atoms with Crippen LogP contribution in [0.15, 0.2) is 54.1 Å². The van der Waals surface area contributed by atoms with Crippen LogP contribution in [0, 0.1) is 27.1 Å². The van der Waals surface area contributed by atoms with E-state index in [2.05, 4.69) is 31.7 Å². The van der Waals surface area contributed by atoms with Gasteiger partial charge in [0.2, 0.25) is 0 Å². The first-order valence-corrected chi connectivity index (χ1v) is 11.4. The maximum absolute atomic E-state index is 8.41. The Bertz CT molecular complexity index is 907. The third kappa shape index (κ3) is 11.3. The fourth-order valence-electron chi connectivity index (χ4n) is 3.16. The maximum Gasteiger partial charge on any atom is 0.189 e. The molecule has 0 saturated carbocycles. The molecule has 33 heavy (non-hydrogen) atoms. The van der Waals surface area contributed by atoms with Crippen molar-refractivity contribution in [1.29, 1.82) is 21.6 Å². The molecular weight excluding hydrogens is 410 g/mol. The minimum atomic E-state index is -0.156. The molecule has 180 valence electrons. The maximum atomic E-state index is 8.41. The molecule has 1 aliphatic carbocycles. The molecule has 1 aromatic carbocycles. The fourth-order valence-corrected chi connectivity index (χ4v) is 3.16. The van der Waals surface area contributed by atoms with E-state index in [4.69, 9.17) is 26.4 Å². The highest BCUT2D eigenvalue weighted by Crippen LogP contribution is 2.27. The molecule has 0 saturated heterocycles. The van der Waals surface area contributed by atoms with Gasteiger partial charge in [0.15, 0.2) is 11.8 Å². The van der Waals surface area contributed by atoms with E-state index in [0.717, 1.165) is 36.0 Å². The van der Waals surface area contributed by atoms with Crippen molar-refractivity contribution >= 4 is 29.3 Å². The summed E-state index contributed by atoms with van der Waals surface area (Å²) in [6, 6.07) is 7.70. The smallest absolute Gasteiger partial charge is 0.189 e. The SMILES string of the molecule is CC.CC(=N)OC(=N)CC(C)(C)C/C=C/c1cccc(C(=N)C(=N)C2=CC=CCC2)c1.CN. The van der Waals surface area contributed by atoms with Crippen LogP contribution >= 0.6 is 0 Å². The molecule has 2 rings (SSSR count). The summed E-state index contributed by atoms with van der Waals surface area (Å²) in [6.45, 7) is 9.65. The van der Waals surface area contributed by atoms with Gasteiger partial charge < -0.3 is 10.5 Å². The second kappa shape index (κ2) is 15.6. The second-order valence-corrected chi connectivity index (χ2v) is 8.06. The predicted octanol–water partition coefficient (Wildman–Crippen LogP) is 6.76. The highest BCUT2D eigenvalue weighted by molar-refractivity contribution is 6.51. The average molecular weight is 452 g/mol. The van der Waals surface area contributed by atoms with Crippen LogP contribution in [0.4, 0.5) is 0 Å². The fraction of sp³-hybridized carbons (Fsp3) is 0.407. The van der Waals surface area contributed by atoms with Gasteiger partial charge in [0, 0.05) is 18.9 Å². The summed E-state index contributed by atoms with van der Waals surface area (Å²) in [5.41, 5.74) is 7.51. The van der Waals surface area contributed by atoms with Gasteiger partial charge in [0.1, 0.15) is 0 Å². The Balaban J connectivity index is 0.00000242. The molecule has 6 N–H and O–H groups in total. The Morgan fingerprint density at radius 3 is 2.33 bits per heavy atom. The summed E-state index contributed by atoms with van der Waals surface area (Å²) < 4.78 is 5.06. The van der Waals surface area contributed by atoms with Crippen LogP contribution in [0.3, 0.4) is 0 Å². The van der Waals surface area contributed by atoms with E-state index in [-0.39, 0.29) is 28.6 Å². The van der Waals surface area contributed by atoms with Crippen molar-refractivity contribution in [2.75, 3.05) is 7.05 Å². The Hall–Kier alpha value is -3.12. The van der Waals surface area contributed by atoms with E-state index in [0.29, 0.717) is 6.42 Å². The van der Waals surface area contributed by atoms with Gasteiger partial charge in [-0.25, -0.2) is 0 Å². The lowest BCUT2D eigenvalue weighted by Gasteiger charge is -2.22. The van der Waals surface area contributed by atoms with Gasteiger partial charge >= 0.3 is 0 Å². The highest BCUT2D eigenvalue weighted by atomic mass is 16.5. The first kappa shape index (κ1) is 29.9. The number of rotatable bonds is 8. The molecule has 6 nitrogen and oxygen atoms in total. The number of allylic oxidation sites excluding steroid dienone is 5. The molecule has 0 atom stereocenters. The normalized spacial score (nSPS) is 12.5. The molecule has 1 aromatic rings. The summed E-state index contributed by atoms with van der Waals surface area (Å²) in [5.74, 6) is 0.142. The van der Waals surface area contributed by atoms with Gasteiger partial charge in [-0.15, -0.1) is 0 Å². The largest absolute Gasteiger partial charge is 0.430 e. The van der Waals surface area contributed by atoms with Gasteiger partial charge in [0.25, 0.3) is 0 Å². The lowest BCUT2D eigenvalue weighted by Crippen LogP contribution is -2.19. The first-order valence-electron chi connectivity index (χ1n) is 11.4. The van der Waals surface area contributed by atoms with E-state index in [1.165, 1.54) is 14.0 Å². The quantitative estimate of drug-likeness (QED) is 0.221. The van der Waals surface area contributed by atoms with Crippen molar-refractivity contribution in [2.45, 2.75) is 60.3 Å². The van der Waals surface area contributed by atoms with Crippen LogP contribution in [-0.4, -0.2) is 30.3 Å². The molecule has 1 aliphatic rings. The van der Waals surface area contributed by atoms with Gasteiger partial charge in [-0.05, 0) is 48.9 Å². The number of benzene rings is 1. The second-order valence-electron chi connectivity index (χ2n) is 8.06. The van der Waals surface area contributed by atoms with Crippen LogP contribution in [0.2, 0.25) is 0 Å². The molecule has 0 fully saturated rings. The summed E-state index contributed by atoms with van der Waals surface area (Å²) in [5, 5.41) is 31.9. The summed E-state index contributed by atoms with van der Waals surface area (Å²) in [7, 11) is 1.50. The van der Waals surface area contributed by atoms with Crippen molar-refractivity contribution in [1.82, 2.24) is 0 Å². The molecule has 0 heterocycles. The Kier molecular flexibility index (Phi) is 14.2. The molecule has 0 spiro atoms. The Morgan fingerprint density at radius 2 is 1.76 bits per heavy atom. The third-order valence-electron chi connectivity index (χ3n) is 4.66. The lowest BCUT2D eigenvalue weighted by molar-refractivity contribution is 0.358. The van der Waals surface area contributed by atoms with Crippen molar-refractivity contribution in [2.24, 2.45) is 11.1 Å². The summed E-state index contributed by atoms with van der Waals surface area (Å²) in [6.07, 6.45) is 13.0. The van der Waals surface area contributed by atoms with Gasteiger partial charge in [-0.1, -0.05) is 76.3 Å². The van der Waals surface area contributed by atoms with Gasteiger partial charge in [-0.2, -0.15) is 0 Å². The molecule has 0 radical (unpaired) electrons. The van der Waals surface area contributed by atoms with Crippen LogP contribution < -0.4 is 5.73 Å². The number of hydrogen-bond donors (Lipinski definition) is 5. The molecule has 0 unspecified atom stereocenters. The molecule has 0 amide bonds. The number of hydrogen-bond acceptors (Lipinski definition) is 6. The number of nitrogens with one attached hydrogen (secondary N) is 4. The standard InChI is InChI=1S/C24H30N4O.C2H6.CH5N/c1-17(25)29-21(26)16-24(2,3)14-8-10-18-9-7-13-20(15-18)23(28)22(27)19-11-5-4-6-12-19;2*1-2/h4-5,7-11,13,15,25-28H,6,12,14,16H2,1-3H3;1-2H3;2H2,1H3/b10-8+,25-17?,26-21?,27-22?,28-23?;;. The Morgan fingerprint density at radius 1 is 1.09 bits per heavy atom. The van der Waals surface area contributed by atoms with E-state index < -0.39 is 0 Å². The predicted molar refractivity (Wildman–Crippen MR) is 143 cm³/mol. The van der Waals surface area contributed by atoms with E-state index in [1.807, 2.05) is 56.3 Å². The minimum Gasteiger partial charge on any atom is -0.430 e. The van der Waals surface area contributed by atoms with Crippen LogP contribution in [0.25, 0.3) is 6.08 Å². The van der Waals surface area contributed by atoms with Gasteiger partial charge in [-0.3, -0.25) is 21.6 Å². The molecule has 6 heteroatoms. The number of ether oxygens (including phenoxy) is 1. The topological polar surface area (TPSA) is 131 Å². The van der Waals surface area contributed by atoms with E-state index in [1.54, 1.807) is 0 Å². The lowest BCUT2D eigenvalue weighted by atomic mass is 9.85. The molecule has 0 bridgehead atoms. The van der Waals surface area contributed by atoms with Crippen molar-refractivity contribution in [3.05, 3.63) is 65.3 Å². The Labute approximate surface area is 199 Å². The van der Waals surface area contributed by atoms with Crippen LogP contribution in [-0.2, 0) is 4.74 Å². The van der Waals surface area contributed by atoms with Crippen LogP contribution in [0.5, 0.6) is 0 Å². The third-order valence-corrected chi connectivity index (χ3v) is 4.66. The zero-order chi connectivity index (χ0) is 25.4. The van der Waals surface area contributed by atoms with Crippen LogP contribution in [0.1, 0.15) is 71.4 Å². The minimum absolute atomic E-state index is 0.0335. The number of nitrogens with two attached hydrogens (primary N) is 1. The zero-order valence-corrected chi connectivity index (χ0v) is 21.0. The van der Waals surface area contributed by atoms with Gasteiger partial charge in [0.05, 0.1) is 11.4 Å². The molecule has 0 aromatic heterocycles. The summed E-state index contributed by atoms with van der Waals surface area (Å²) in [4.78, 5) is 0. The van der Waals surface area contributed by atoms with Crippen molar-refractivity contribution in [3.63, 3.8) is 0 Å². The average Bonchev–Trinajstić information content (AvgIpc) is 2.80. The van der Waals surface area contributed by atoms with Crippen molar-refractivity contribution < 1.29 is 4.74 Å². The molecular formula is C27H41N5O. The summed E-state index contributed by atoms with van der Waals surface area (Å²) >= 11 is 0.